The predicted octanol–water partition coefficient (Wildman–Crippen LogP) is 4.12. The predicted molar refractivity (Wildman–Crippen MR) is 110 cm³/mol. The molecule has 3 rings (SSSR count). The number of ether oxygens (including phenoxy) is 1. The van der Waals surface area contributed by atoms with Crippen LogP contribution in [0, 0.1) is 5.82 Å². The second-order valence-corrected chi connectivity index (χ2v) is 7.85. The van der Waals surface area contributed by atoms with E-state index in [2.05, 4.69) is 4.99 Å². The Morgan fingerprint density at radius 3 is 2.57 bits per heavy atom. The normalized spacial score (nSPS) is 11.8. The zero-order valence-electron chi connectivity index (χ0n) is 15.5. The number of rotatable bonds is 6. The van der Waals surface area contributed by atoms with Gasteiger partial charge in [0.15, 0.2) is 4.80 Å². The van der Waals surface area contributed by atoms with Gasteiger partial charge in [0.2, 0.25) is 0 Å². The molecular weight excluding hydrogens is 399 g/mol. The van der Waals surface area contributed by atoms with Crippen molar-refractivity contribution in [2.75, 3.05) is 18.6 Å². The Kier molecular flexibility index (Phi) is 6.64. The third-order valence-electron chi connectivity index (χ3n) is 4.00. The molecule has 0 fully saturated rings. The minimum atomic E-state index is -0.435. The van der Waals surface area contributed by atoms with Crippen molar-refractivity contribution in [1.82, 2.24) is 4.57 Å². The van der Waals surface area contributed by atoms with Crippen molar-refractivity contribution in [1.29, 1.82) is 0 Å². The number of aromatic nitrogens is 1. The molecule has 146 valence electrons. The van der Waals surface area contributed by atoms with Gasteiger partial charge in [-0.3, -0.25) is 4.79 Å². The van der Waals surface area contributed by atoms with Gasteiger partial charge in [-0.25, -0.2) is 9.18 Å². The van der Waals surface area contributed by atoms with Gasteiger partial charge in [-0.15, -0.1) is 0 Å². The van der Waals surface area contributed by atoms with E-state index in [1.165, 1.54) is 35.6 Å². The van der Waals surface area contributed by atoms with Crippen molar-refractivity contribution in [3.05, 3.63) is 64.2 Å². The molecule has 0 spiro atoms. The fraction of sp³-hybridized carbons (Fsp3) is 0.250. The van der Waals surface area contributed by atoms with Gasteiger partial charge in [-0.1, -0.05) is 11.3 Å². The number of esters is 1. The number of halogens is 1. The summed E-state index contributed by atoms with van der Waals surface area (Å²) in [5.74, 6) is -0.368. The second-order valence-electron chi connectivity index (χ2n) is 5.86. The Hall–Kier alpha value is -2.45. The minimum absolute atomic E-state index is 0.307. The van der Waals surface area contributed by atoms with Crippen LogP contribution < -0.4 is 4.80 Å². The molecular formula is C20H19FN2O3S2. The summed E-state index contributed by atoms with van der Waals surface area (Å²) in [6.45, 7) is 2.74. The van der Waals surface area contributed by atoms with Crippen LogP contribution in [0.2, 0.25) is 0 Å². The van der Waals surface area contributed by atoms with Crippen molar-refractivity contribution in [2.24, 2.45) is 4.99 Å². The lowest BCUT2D eigenvalue weighted by molar-refractivity contribution is 0.0526. The van der Waals surface area contributed by atoms with Crippen LogP contribution in [-0.4, -0.2) is 35.1 Å². The Morgan fingerprint density at radius 2 is 1.89 bits per heavy atom. The fourth-order valence-electron chi connectivity index (χ4n) is 2.64. The lowest BCUT2D eigenvalue weighted by Gasteiger charge is -2.05. The molecule has 5 nitrogen and oxygen atoms in total. The molecule has 1 amide bonds. The second kappa shape index (κ2) is 9.16. The van der Waals surface area contributed by atoms with E-state index in [4.69, 9.17) is 4.74 Å². The maximum atomic E-state index is 13.1. The summed E-state index contributed by atoms with van der Waals surface area (Å²) in [5.41, 5.74) is 1.68. The van der Waals surface area contributed by atoms with Crippen LogP contribution in [0.15, 0.2) is 47.5 Å². The largest absolute Gasteiger partial charge is 0.462 e. The highest BCUT2D eigenvalue weighted by Crippen LogP contribution is 2.20. The van der Waals surface area contributed by atoms with Gasteiger partial charge in [0, 0.05) is 17.9 Å². The first kappa shape index (κ1) is 20.3. The molecule has 0 N–H and O–H groups in total. The number of nitrogens with zero attached hydrogens (tertiary/aromatic N) is 2. The zero-order valence-corrected chi connectivity index (χ0v) is 17.1. The molecule has 0 unspecified atom stereocenters. The number of carbonyl (C=O) groups is 2. The lowest BCUT2D eigenvalue weighted by Crippen LogP contribution is -2.18. The van der Waals surface area contributed by atoms with E-state index >= 15 is 0 Å². The number of hydrogen-bond acceptors (Lipinski definition) is 5. The average molecular weight is 419 g/mol. The maximum Gasteiger partial charge on any atom is 0.338 e. The highest BCUT2D eigenvalue weighted by atomic mass is 32.2. The smallest absolute Gasteiger partial charge is 0.338 e. The van der Waals surface area contributed by atoms with Crippen LogP contribution in [0.3, 0.4) is 0 Å². The number of benzene rings is 2. The van der Waals surface area contributed by atoms with Gasteiger partial charge < -0.3 is 9.30 Å². The van der Waals surface area contributed by atoms with Gasteiger partial charge in [0.25, 0.3) is 5.91 Å². The molecule has 28 heavy (non-hydrogen) atoms. The molecule has 2 aromatic carbocycles. The number of hydrogen-bond donors (Lipinski definition) is 0. The van der Waals surface area contributed by atoms with Crippen LogP contribution >= 0.6 is 23.1 Å². The van der Waals surface area contributed by atoms with Crippen molar-refractivity contribution in [3.63, 3.8) is 0 Å². The van der Waals surface area contributed by atoms with Crippen molar-refractivity contribution < 1.29 is 18.7 Å². The van der Waals surface area contributed by atoms with E-state index in [1.807, 2.05) is 16.9 Å². The summed E-state index contributed by atoms with van der Waals surface area (Å²) in [6.07, 6.45) is 2.01. The van der Waals surface area contributed by atoms with Crippen LogP contribution in [0.5, 0.6) is 0 Å². The van der Waals surface area contributed by atoms with Crippen molar-refractivity contribution in [2.45, 2.75) is 13.5 Å². The van der Waals surface area contributed by atoms with Crippen LogP contribution in [-0.2, 0) is 11.3 Å². The SMILES string of the molecule is CCOC(=O)c1ccc2c(c1)sc(=NC(=O)c1ccc(F)cc1)n2CCSC. The molecule has 3 aromatic rings. The molecule has 8 heteroatoms. The van der Waals surface area contributed by atoms with E-state index in [-0.39, 0.29) is 5.97 Å². The summed E-state index contributed by atoms with van der Waals surface area (Å²) < 4.78 is 21.0. The molecule has 0 aliphatic carbocycles. The van der Waals surface area contributed by atoms with Crippen molar-refractivity contribution in [3.8, 4) is 0 Å². The molecule has 1 heterocycles. The van der Waals surface area contributed by atoms with Gasteiger partial charge in [0.1, 0.15) is 5.82 Å². The third-order valence-corrected chi connectivity index (χ3v) is 5.63. The van der Waals surface area contributed by atoms with Gasteiger partial charge in [0.05, 0.1) is 22.4 Å². The highest BCUT2D eigenvalue weighted by molar-refractivity contribution is 7.98. The van der Waals surface area contributed by atoms with Gasteiger partial charge in [-0.05, 0) is 55.6 Å². The molecule has 1 aromatic heterocycles. The summed E-state index contributed by atoms with van der Waals surface area (Å²) in [4.78, 5) is 29.3. The molecule has 0 aliphatic heterocycles. The number of thioether (sulfide) groups is 1. The number of amides is 1. The third kappa shape index (κ3) is 4.51. The quantitative estimate of drug-likeness (QED) is 0.565. The highest BCUT2D eigenvalue weighted by Gasteiger charge is 2.13. The summed E-state index contributed by atoms with van der Waals surface area (Å²) >= 11 is 3.02. The molecule has 0 atom stereocenters. The molecule has 0 radical (unpaired) electrons. The van der Waals surface area contributed by atoms with E-state index < -0.39 is 11.7 Å². The summed E-state index contributed by atoms with van der Waals surface area (Å²) in [7, 11) is 0. The molecule has 0 saturated heterocycles. The number of carbonyl (C=O) groups excluding carboxylic acids is 2. The first-order chi connectivity index (χ1) is 13.5. The average Bonchev–Trinajstić information content (AvgIpc) is 3.03. The van der Waals surface area contributed by atoms with Gasteiger partial charge in [-0.2, -0.15) is 16.8 Å². The Balaban J connectivity index is 2.07. The zero-order chi connectivity index (χ0) is 20.1. The van der Waals surface area contributed by atoms with Crippen LogP contribution in [0.25, 0.3) is 10.2 Å². The summed E-state index contributed by atoms with van der Waals surface area (Å²) in [6, 6.07) is 10.6. The van der Waals surface area contributed by atoms with E-state index in [0.717, 1.165) is 16.0 Å². The summed E-state index contributed by atoms with van der Waals surface area (Å²) in [5, 5.41) is 0. The van der Waals surface area contributed by atoms with Crippen molar-refractivity contribution >= 4 is 45.2 Å². The fourth-order valence-corrected chi connectivity index (χ4v) is 4.10. The number of fused-ring (bicyclic) bond motifs is 1. The van der Waals surface area contributed by atoms with E-state index in [9.17, 15) is 14.0 Å². The van der Waals surface area contributed by atoms with Gasteiger partial charge >= 0.3 is 5.97 Å². The first-order valence-corrected chi connectivity index (χ1v) is 10.9. The van der Waals surface area contributed by atoms with E-state index in [1.54, 1.807) is 30.8 Å². The molecule has 0 aliphatic rings. The standard InChI is InChI=1S/C20H19FN2O3S2/c1-3-26-19(25)14-6-9-16-17(12-14)28-20(23(16)10-11-27-2)22-18(24)13-4-7-15(21)8-5-13/h4-9,12H,3,10-11H2,1-2H3. The van der Waals surface area contributed by atoms with Crippen LogP contribution in [0.4, 0.5) is 4.39 Å². The molecule has 0 bridgehead atoms. The Bertz CT molecular complexity index is 1070. The lowest BCUT2D eigenvalue weighted by atomic mass is 10.2. The first-order valence-electron chi connectivity index (χ1n) is 8.67. The maximum absolute atomic E-state index is 13.1. The Labute approximate surface area is 169 Å². The molecule has 0 saturated carbocycles. The minimum Gasteiger partial charge on any atom is -0.462 e. The van der Waals surface area contributed by atoms with E-state index in [0.29, 0.717) is 29.1 Å². The topological polar surface area (TPSA) is 60.7 Å². The Morgan fingerprint density at radius 1 is 1.18 bits per heavy atom. The number of thiazole rings is 1. The number of aryl methyl sites for hydroxylation is 1. The monoisotopic (exact) mass is 418 g/mol. The van der Waals surface area contributed by atoms with Crippen LogP contribution in [0.1, 0.15) is 27.6 Å².